The zero-order valence-corrected chi connectivity index (χ0v) is 13.6. The minimum Gasteiger partial charge on any atom is -0.309 e. The number of imidazole rings is 1. The Labute approximate surface area is 131 Å². The molecule has 0 radical (unpaired) electrons. The van der Waals surface area contributed by atoms with E-state index in [2.05, 4.69) is 39.5 Å². The van der Waals surface area contributed by atoms with E-state index in [0.29, 0.717) is 12.0 Å². The lowest BCUT2D eigenvalue weighted by Crippen LogP contribution is -2.32. The van der Waals surface area contributed by atoms with Crippen LogP contribution in [0.4, 0.5) is 0 Å². The Bertz CT molecular complexity index is 656. The maximum absolute atomic E-state index is 4.98. The Balaban J connectivity index is 1.76. The van der Waals surface area contributed by atoms with E-state index >= 15 is 0 Å². The van der Waals surface area contributed by atoms with Crippen LogP contribution in [0.1, 0.15) is 37.0 Å². The van der Waals surface area contributed by atoms with Crippen molar-refractivity contribution >= 4 is 11.2 Å². The van der Waals surface area contributed by atoms with Crippen LogP contribution in [0.15, 0.2) is 18.3 Å². The molecule has 2 aromatic heterocycles. The highest BCUT2D eigenvalue weighted by atomic mass is 15.2. The molecule has 0 amide bonds. The monoisotopic (exact) mass is 299 g/mol. The third-order valence-corrected chi connectivity index (χ3v) is 5.29. The average molecular weight is 299 g/mol. The molecule has 4 heterocycles. The Kier molecular flexibility index (Phi) is 3.62. The zero-order chi connectivity index (χ0) is 15.1. The van der Waals surface area contributed by atoms with Crippen molar-refractivity contribution in [3.05, 3.63) is 24.2 Å². The molecule has 0 saturated carbocycles. The molecule has 2 aliphatic heterocycles. The van der Waals surface area contributed by atoms with Crippen molar-refractivity contribution in [1.82, 2.24) is 24.3 Å². The molecule has 2 fully saturated rings. The van der Waals surface area contributed by atoms with Crippen molar-refractivity contribution in [2.24, 2.45) is 0 Å². The van der Waals surface area contributed by atoms with Crippen LogP contribution >= 0.6 is 0 Å². The van der Waals surface area contributed by atoms with Crippen LogP contribution in [0.3, 0.4) is 0 Å². The third-order valence-electron chi connectivity index (χ3n) is 5.29. The number of hydrogen-bond donors (Lipinski definition) is 0. The summed E-state index contributed by atoms with van der Waals surface area (Å²) in [5.41, 5.74) is 2.15. The SMILES string of the molecule is CN1CCC(n2c(C3CCN(C)C3)nc3cccnc32)CC1. The van der Waals surface area contributed by atoms with Gasteiger partial charge < -0.3 is 14.4 Å². The highest BCUT2D eigenvalue weighted by Gasteiger charge is 2.30. The lowest BCUT2D eigenvalue weighted by atomic mass is 10.0. The normalized spacial score (nSPS) is 25.3. The summed E-state index contributed by atoms with van der Waals surface area (Å²) in [4.78, 5) is 14.5. The summed E-state index contributed by atoms with van der Waals surface area (Å²) >= 11 is 0. The fraction of sp³-hybridized carbons (Fsp3) is 0.647. The van der Waals surface area contributed by atoms with E-state index in [-0.39, 0.29) is 0 Å². The molecule has 0 bridgehead atoms. The molecule has 2 aliphatic rings. The second-order valence-corrected chi connectivity index (χ2v) is 6.97. The molecular formula is C17H25N5. The smallest absolute Gasteiger partial charge is 0.160 e. The Morgan fingerprint density at radius 2 is 1.82 bits per heavy atom. The van der Waals surface area contributed by atoms with Gasteiger partial charge >= 0.3 is 0 Å². The first-order valence-electron chi connectivity index (χ1n) is 8.42. The first kappa shape index (κ1) is 14.2. The first-order chi connectivity index (χ1) is 10.7. The number of aromatic nitrogens is 3. The number of fused-ring (bicyclic) bond motifs is 1. The number of piperidine rings is 1. The van der Waals surface area contributed by atoms with Crippen LogP contribution in [0, 0.1) is 0 Å². The van der Waals surface area contributed by atoms with E-state index in [4.69, 9.17) is 4.98 Å². The summed E-state index contributed by atoms with van der Waals surface area (Å²) in [5, 5.41) is 0. The number of likely N-dealkylation sites (N-methyl/N-ethyl adjacent to an activating group) is 1. The van der Waals surface area contributed by atoms with Gasteiger partial charge in [-0.2, -0.15) is 0 Å². The molecule has 0 aliphatic carbocycles. The van der Waals surface area contributed by atoms with Crippen LogP contribution in [0.25, 0.3) is 11.2 Å². The van der Waals surface area contributed by atoms with E-state index < -0.39 is 0 Å². The third kappa shape index (κ3) is 2.42. The maximum Gasteiger partial charge on any atom is 0.160 e. The van der Waals surface area contributed by atoms with Gasteiger partial charge in [0.25, 0.3) is 0 Å². The van der Waals surface area contributed by atoms with E-state index in [9.17, 15) is 0 Å². The predicted molar refractivity (Wildman–Crippen MR) is 88.2 cm³/mol. The summed E-state index contributed by atoms with van der Waals surface area (Å²) in [6, 6.07) is 4.66. The van der Waals surface area contributed by atoms with Crippen molar-refractivity contribution in [3.63, 3.8) is 0 Å². The van der Waals surface area contributed by atoms with Crippen LogP contribution in [0.5, 0.6) is 0 Å². The van der Waals surface area contributed by atoms with Gasteiger partial charge in [-0.25, -0.2) is 9.97 Å². The summed E-state index contributed by atoms with van der Waals surface area (Å²) < 4.78 is 2.48. The van der Waals surface area contributed by atoms with Gasteiger partial charge in [-0.15, -0.1) is 0 Å². The van der Waals surface area contributed by atoms with Gasteiger partial charge in [0, 0.05) is 24.7 Å². The maximum atomic E-state index is 4.98. The average Bonchev–Trinajstić information content (AvgIpc) is 3.11. The fourth-order valence-corrected chi connectivity index (χ4v) is 3.99. The largest absolute Gasteiger partial charge is 0.309 e. The Hall–Kier alpha value is -1.46. The van der Waals surface area contributed by atoms with E-state index in [0.717, 1.165) is 17.7 Å². The molecule has 0 spiro atoms. The quantitative estimate of drug-likeness (QED) is 0.851. The molecule has 0 aromatic carbocycles. The highest BCUT2D eigenvalue weighted by molar-refractivity contribution is 5.71. The fourth-order valence-electron chi connectivity index (χ4n) is 3.99. The van der Waals surface area contributed by atoms with Gasteiger partial charge in [0.15, 0.2) is 5.65 Å². The molecule has 1 atom stereocenters. The van der Waals surface area contributed by atoms with Gasteiger partial charge in [-0.1, -0.05) is 0 Å². The number of hydrogen-bond acceptors (Lipinski definition) is 4. The molecule has 5 nitrogen and oxygen atoms in total. The first-order valence-corrected chi connectivity index (χ1v) is 8.42. The Morgan fingerprint density at radius 1 is 1.05 bits per heavy atom. The lowest BCUT2D eigenvalue weighted by molar-refractivity contribution is 0.220. The van der Waals surface area contributed by atoms with Gasteiger partial charge in [0.05, 0.1) is 0 Å². The van der Waals surface area contributed by atoms with Crippen molar-refractivity contribution in [2.45, 2.75) is 31.2 Å². The van der Waals surface area contributed by atoms with Crippen molar-refractivity contribution in [1.29, 1.82) is 0 Å². The van der Waals surface area contributed by atoms with Crippen LogP contribution in [0.2, 0.25) is 0 Å². The number of rotatable bonds is 2. The summed E-state index contributed by atoms with van der Waals surface area (Å²) in [6.07, 6.45) is 5.52. The van der Waals surface area contributed by atoms with E-state index in [1.165, 1.54) is 44.7 Å². The van der Waals surface area contributed by atoms with Crippen molar-refractivity contribution in [3.8, 4) is 0 Å². The van der Waals surface area contributed by atoms with Gasteiger partial charge in [-0.3, -0.25) is 0 Å². The molecule has 5 heteroatoms. The topological polar surface area (TPSA) is 37.2 Å². The molecule has 4 rings (SSSR count). The second kappa shape index (κ2) is 5.63. The molecule has 2 saturated heterocycles. The number of pyridine rings is 1. The second-order valence-electron chi connectivity index (χ2n) is 6.97. The lowest BCUT2D eigenvalue weighted by Gasteiger charge is -2.31. The number of likely N-dealkylation sites (tertiary alicyclic amines) is 2. The molecule has 0 N–H and O–H groups in total. The summed E-state index contributed by atoms with van der Waals surface area (Å²) in [5.74, 6) is 1.83. The van der Waals surface area contributed by atoms with Gasteiger partial charge in [0.1, 0.15) is 11.3 Å². The molecular weight excluding hydrogens is 274 g/mol. The van der Waals surface area contributed by atoms with Gasteiger partial charge in [0.2, 0.25) is 0 Å². The predicted octanol–water partition coefficient (Wildman–Crippen LogP) is 2.12. The van der Waals surface area contributed by atoms with Crippen LogP contribution < -0.4 is 0 Å². The molecule has 118 valence electrons. The summed E-state index contributed by atoms with van der Waals surface area (Å²) in [6.45, 7) is 4.63. The van der Waals surface area contributed by atoms with E-state index in [1.807, 2.05) is 12.3 Å². The standard InChI is InChI=1S/C17H25N5/c1-20-10-6-14(7-11-20)22-16(13-5-9-21(2)12-13)19-15-4-3-8-18-17(15)22/h3-4,8,13-14H,5-7,9-12H2,1-2H3. The molecule has 2 aromatic rings. The van der Waals surface area contributed by atoms with Crippen molar-refractivity contribution in [2.75, 3.05) is 40.3 Å². The molecule has 1 unspecified atom stereocenters. The highest BCUT2D eigenvalue weighted by Crippen LogP contribution is 2.33. The molecule has 22 heavy (non-hydrogen) atoms. The van der Waals surface area contributed by atoms with Gasteiger partial charge in [-0.05, 0) is 65.1 Å². The minimum atomic E-state index is 0.553. The number of nitrogens with zero attached hydrogens (tertiary/aromatic N) is 5. The Morgan fingerprint density at radius 3 is 2.55 bits per heavy atom. The van der Waals surface area contributed by atoms with Crippen LogP contribution in [-0.2, 0) is 0 Å². The van der Waals surface area contributed by atoms with Crippen molar-refractivity contribution < 1.29 is 0 Å². The van der Waals surface area contributed by atoms with Crippen LogP contribution in [-0.4, -0.2) is 64.6 Å². The summed E-state index contributed by atoms with van der Waals surface area (Å²) in [7, 11) is 4.42. The van der Waals surface area contributed by atoms with E-state index in [1.54, 1.807) is 0 Å². The minimum absolute atomic E-state index is 0.553. The zero-order valence-electron chi connectivity index (χ0n) is 13.6.